The molecule has 1 heterocycles. The third kappa shape index (κ3) is 3.53. The Morgan fingerprint density at radius 1 is 1.37 bits per heavy atom. The van der Waals surface area contributed by atoms with E-state index < -0.39 is 0 Å². The second kappa shape index (κ2) is 6.31. The molecule has 5 nitrogen and oxygen atoms in total. The Bertz CT molecular complexity index is 507. The average Bonchev–Trinajstić information content (AvgIpc) is 2.93. The van der Waals surface area contributed by atoms with Crippen molar-refractivity contribution in [3.05, 3.63) is 30.1 Å². The summed E-state index contributed by atoms with van der Waals surface area (Å²) in [7, 11) is 0. The van der Waals surface area contributed by atoms with Crippen LogP contribution in [0.5, 0.6) is 0 Å². The van der Waals surface area contributed by atoms with Crippen molar-refractivity contribution in [3.8, 4) is 5.69 Å². The highest BCUT2D eigenvalue weighted by atomic mass is 15.5. The van der Waals surface area contributed by atoms with E-state index in [1.165, 1.54) is 24.8 Å². The molecule has 0 saturated heterocycles. The van der Waals surface area contributed by atoms with Gasteiger partial charge in [0, 0.05) is 11.7 Å². The third-order valence-electron chi connectivity index (χ3n) is 3.23. The minimum Gasteiger partial charge on any atom is -0.382 e. The van der Waals surface area contributed by atoms with Crippen LogP contribution in [0.2, 0.25) is 0 Å². The molecule has 0 fully saturated rings. The van der Waals surface area contributed by atoms with Gasteiger partial charge in [0.2, 0.25) is 0 Å². The summed E-state index contributed by atoms with van der Waals surface area (Å²) in [6.45, 7) is 6.55. The average molecular weight is 259 g/mol. The fraction of sp³-hybridized carbons (Fsp3) is 0.500. The number of rotatable bonds is 6. The van der Waals surface area contributed by atoms with Crippen molar-refractivity contribution in [3.63, 3.8) is 0 Å². The first-order chi connectivity index (χ1) is 9.20. The molecule has 102 valence electrons. The van der Waals surface area contributed by atoms with Crippen LogP contribution in [-0.2, 0) is 0 Å². The molecule has 5 heteroatoms. The molecule has 0 spiro atoms. The first-order valence-corrected chi connectivity index (χ1v) is 6.81. The smallest absolute Gasteiger partial charge is 0.143 e. The molecule has 1 aromatic heterocycles. The zero-order chi connectivity index (χ0) is 13.7. The maximum atomic E-state index is 3.91. The van der Waals surface area contributed by atoms with Crippen molar-refractivity contribution < 1.29 is 0 Å². The van der Waals surface area contributed by atoms with Crippen LogP contribution in [0.3, 0.4) is 0 Å². The number of nitrogens with zero attached hydrogens (tertiary/aromatic N) is 4. The van der Waals surface area contributed by atoms with Crippen LogP contribution in [0.25, 0.3) is 5.69 Å². The van der Waals surface area contributed by atoms with Gasteiger partial charge in [-0.1, -0.05) is 25.8 Å². The molecule has 0 amide bonds. The predicted octanol–water partition coefficient (Wildman–Crippen LogP) is 2.96. The lowest BCUT2D eigenvalue weighted by molar-refractivity contribution is 0.644. The van der Waals surface area contributed by atoms with Gasteiger partial charge in [-0.25, -0.2) is 4.68 Å². The molecule has 0 radical (unpaired) electrons. The highest BCUT2D eigenvalue weighted by Crippen LogP contribution is 2.20. The first-order valence-electron chi connectivity index (χ1n) is 6.81. The van der Waals surface area contributed by atoms with Crippen LogP contribution >= 0.6 is 0 Å². The van der Waals surface area contributed by atoms with Crippen LogP contribution in [0.4, 0.5) is 5.69 Å². The van der Waals surface area contributed by atoms with Gasteiger partial charge in [0.25, 0.3) is 0 Å². The van der Waals surface area contributed by atoms with Gasteiger partial charge in [-0.15, -0.1) is 5.10 Å². The number of aromatic nitrogens is 4. The van der Waals surface area contributed by atoms with Gasteiger partial charge in [-0.05, 0) is 48.4 Å². The summed E-state index contributed by atoms with van der Waals surface area (Å²) in [6, 6.07) is 6.68. The van der Waals surface area contributed by atoms with E-state index >= 15 is 0 Å². The summed E-state index contributed by atoms with van der Waals surface area (Å²) >= 11 is 0. The van der Waals surface area contributed by atoms with Crippen LogP contribution in [0, 0.1) is 6.92 Å². The minimum atomic E-state index is 0.475. The number of hydrogen-bond acceptors (Lipinski definition) is 4. The number of unbranched alkanes of at least 4 members (excludes halogenated alkanes) is 1. The van der Waals surface area contributed by atoms with Crippen molar-refractivity contribution in [1.82, 2.24) is 20.2 Å². The van der Waals surface area contributed by atoms with Gasteiger partial charge in [0.05, 0.1) is 5.69 Å². The van der Waals surface area contributed by atoms with Crippen molar-refractivity contribution in [2.24, 2.45) is 0 Å². The molecular weight excluding hydrogens is 238 g/mol. The fourth-order valence-electron chi connectivity index (χ4n) is 2.04. The molecule has 2 aromatic rings. The Balaban J connectivity index is 2.13. The van der Waals surface area contributed by atoms with Gasteiger partial charge in [-0.2, -0.15) is 0 Å². The number of anilines is 1. The molecule has 2 rings (SSSR count). The highest BCUT2D eigenvalue weighted by Gasteiger charge is 2.06. The summed E-state index contributed by atoms with van der Waals surface area (Å²) in [5.41, 5.74) is 3.36. The summed E-state index contributed by atoms with van der Waals surface area (Å²) < 4.78 is 1.67. The van der Waals surface area contributed by atoms with E-state index in [2.05, 4.69) is 53.7 Å². The maximum Gasteiger partial charge on any atom is 0.143 e. The van der Waals surface area contributed by atoms with Crippen LogP contribution in [0.15, 0.2) is 24.5 Å². The lowest BCUT2D eigenvalue weighted by Crippen LogP contribution is -2.15. The number of hydrogen-bond donors (Lipinski definition) is 1. The maximum absolute atomic E-state index is 3.91. The Labute approximate surface area is 114 Å². The molecule has 0 aliphatic carbocycles. The quantitative estimate of drug-likeness (QED) is 0.866. The monoisotopic (exact) mass is 259 g/mol. The predicted molar refractivity (Wildman–Crippen MR) is 76.5 cm³/mol. The molecule has 1 N–H and O–H groups in total. The Morgan fingerprint density at radius 3 is 2.89 bits per heavy atom. The largest absolute Gasteiger partial charge is 0.382 e. The second-order valence-electron chi connectivity index (χ2n) is 4.94. The summed E-state index contributed by atoms with van der Waals surface area (Å²) in [6.07, 6.45) is 5.27. The molecule has 1 aromatic carbocycles. The molecule has 0 aliphatic heterocycles. The van der Waals surface area contributed by atoms with Gasteiger partial charge >= 0.3 is 0 Å². The van der Waals surface area contributed by atoms with Crippen molar-refractivity contribution in [2.45, 2.75) is 46.1 Å². The van der Waals surface area contributed by atoms with E-state index in [1.54, 1.807) is 11.0 Å². The molecule has 0 bridgehead atoms. The second-order valence-corrected chi connectivity index (χ2v) is 4.94. The topological polar surface area (TPSA) is 55.6 Å². The number of tetrazole rings is 1. The number of nitrogens with one attached hydrogen (secondary N) is 1. The Morgan fingerprint density at radius 2 is 2.21 bits per heavy atom. The Hall–Kier alpha value is -1.91. The molecule has 0 aliphatic rings. The lowest BCUT2D eigenvalue weighted by atomic mass is 10.1. The zero-order valence-corrected chi connectivity index (χ0v) is 11.8. The number of benzene rings is 1. The van der Waals surface area contributed by atoms with Gasteiger partial charge in [-0.3, -0.25) is 0 Å². The molecule has 1 unspecified atom stereocenters. The summed E-state index contributed by atoms with van der Waals surface area (Å²) in [4.78, 5) is 0. The van der Waals surface area contributed by atoms with Gasteiger partial charge < -0.3 is 5.32 Å². The molecule has 19 heavy (non-hydrogen) atoms. The highest BCUT2D eigenvalue weighted by molar-refractivity contribution is 5.56. The van der Waals surface area contributed by atoms with Crippen molar-refractivity contribution in [1.29, 1.82) is 0 Å². The van der Waals surface area contributed by atoms with Gasteiger partial charge in [0.15, 0.2) is 0 Å². The first kappa shape index (κ1) is 13.5. The summed E-state index contributed by atoms with van der Waals surface area (Å²) in [5.74, 6) is 0. The van der Waals surface area contributed by atoms with E-state index in [9.17, 15) is 0 Å². The molecular formula is C14H21N5. The number of aryl methyl sites for hydroxylation is 1. The van der Waals surface area contributed by atoms with Crippen LogP contribution in [-0.4, -0.2) is 26.2 Å². The van der Waals surface area contributed by atoms with E-state index in [0.29, 0.717) is 6.04 Å². The van der Waals surface area contributed by atoms with Crippen molar-refractivity contribution >= 4 is 5.69 Å². The third-order valence-corrected chi connectivity index (χ3v) is 3.23. The van der Waals surface area contributed by atoms with E-state index in [1.807, 2.05) is 6.07 Å². The lowest BCUT2D eigenvalue weighted by Gasteiger charge is -2.17. The SMILES string of the molecule is CCCCC(C)Nc1cc(-n2cnnn2)ccc1C. The fourth-order valence-corrected chi connectivity index (χ4v) is 2.04. The minimum absolute atomic E-state index is 0.475. The normalized spacial score (nSPS) is 12.4. The van der Waals surface area contributed by atoms with Crippen LogP contribution < -0.4 is 5.32 Å². The molecule has 0 saturated carbocycles. The van der Waals surface area contributed by atoms with Crippen molar-refractivity contribution in [2.75, 3.05) is 5.32 Å². The van der Waals surface area contributed by atoms with E-state index in [0.717, 1.165) is 11.4 Å². The molecule has 1 atom stereocenters. The van der Waals surface area contributed by atoms with Crippen LogP contribution in [0.1, 0.15) is 38.7 Å². The Kier molecular flexibility index (Phi) is 4.49. The summed E-state index contributed by atoms with van der Waals surface area (Å²) in [5, 5.41) is 14.8. The van der Waals surface area contributed by atoms with E-state index in [-0.39, 0.29) is 0 Å². The standard InChI is InChI=1S/C14H21N5/c1-4-5-6-12(3)16-14-9-13(8-7-11(14)2)19-10-15-17-18-19/h7-10,12,16H,4-6H2,1-3H3. The van der Waals surface area contributed by atoms with Gasteiger partial charge in [0.1, 0.15) is 6.33 Å². The zero-order valence-electron chi connectivity index (χ0n) is 11.8. The van der Waals surface area contributed by atoms with E-state index in [4.69, 9.17) is 0 Å².